The lowest BCUT2D eigenvalue weighted by molar-refractivity contribution is -0.119. The van der Waals surface area contributed by atoms with E-state index in [1.54, 1.807) is 14.0 Å². The zero-order valence-corrected chi connectivity index (χ0v) is 18.4. The van der Waals surface area contributed by atoms with Gasteiger partial charge in [0.1, 0.15) is 23.2 Å². The number of nitrogens with one attached hydrogen (secondary N) is 1. The average Bonchev–Trinajstić information content (AvgIpc) is 3.19. The minimum atomic E-state index is -0.824. The molecule has 8 heteroatoms. The summed E-state index contributed by atoms with van der Waals surface area (Å²) >= 11 is 0. The number of rotatable bonds is 6. The number of anilines is 1. The number of amides is 1. The molecule has 0 fully saturated rings. The number of benzene rings is 2. The maximum absolute atomic E-state index is 13.2. The van der Waals surface area contributed by atoms with Gasteiger partial charge in [-0.1, -0.05) is 41.9 Å². The van der Waals surface area contributed by atoms with Crippen molar-refractivity contribution in [3.63, 3.8) is 0 Å². The van der Waals surface area contributed by atoms with Crippen LogP contribution in [-0.2, 0) is 4.79 Å². The first kappa shape index (κ1) is 21.3. The summed E-state index contributed by atoms with van der Waals surface area (Å²) < 4.78 is 11.8. The molecule has 0 spiro atoms. The van der Waals surface area contributed by atoms with Crippen molar-refractivity contribution in [1.82, 2.24) is 14.9 Å². The molecule has 0 aliphatic heterocycles. The van der Waals surface area contributed by atoms with Gasteiger partial charge < -0.3 is 14.6 Å². The van der Waals surface area contributed by atoms with Crippen LogP contribution in [-0.4, -0.2) is 28.0 Å². The number of hydrogen-bond acceptors (Lipinski definition) is 6. The third kappa shape index (κ3) is 3.87. The summed E-state index contributed by atoms with van der Waals surface area (Å²) in [7, 11) is 1.58. The molecule has 0 radical (unpaired) electrons. The summed E-state index contributed by atoms with van der Waals surface area (Å²) in [6.45, 7) is 5.53. The molecule has 1 amide bonds. The minimum Gasteiger partial charge on any atom is -0.497 e. The highest BCUT2D eigenvalue weighted by Crippen LogP contribution is 2.30. The van der Waals surface area contributed by atoms with Gasteiger partial charge in [0, 0.05) is 11.3 Å². The van der Waals surface area contributed by atoms with E-state index in [1.807, 2.05) is 62.4 Å². The van der Waals surface area contributed by atoms with Gasteiger partial charge in [-0.3, -0.25) is 9.59 Å². The van der Waals surface area contributed by atoms with Crippen molar-refractivity contribution in [3.8, 4) is 17.0 Å². The van der Waals surface area contributed by atoms with Crippen molar-refractivity contribution >= 4 is 22.5 Å². The monoisotopic (exact) mass is 432 g/mol. The van der Waals surface area contributed by atoms with Gasteiger partial charge in [0.2, 0.25) is 5.91 Å². The number of carbonyl (C=O) groups is 1. The molecule has 0 aliphatic carbocycles. The van der Waals surface area contributed by atoms with Gasteiger partial charge in [0.25, 0.3) is 5.56 Å². The van der Waals surface area contributed by atoms with E-state index in [-0.39, 0.29) is 11.4 Å². The van der Waals surface area contributed by atoms with Gasteiger partial charge in [0.15, 0.2) is 5.52 Å². The van der Waals surface area contributed by atoms with Crippen LogP contribution in [0.1, 0.15) is 30.7 Å². The Labute approximate surface area is 184 Å². The lowest BCUT2D eigenvalue weighted by Gasteiger charge is -2.18. The van der Waals surface area contributed by atoms with Gasteiger partial charge in [0.05, 0.1) is 12.5 Å². The lowest BCUT2D eigenvalue weighted by Crippen LogP contribution is -2.35. The van der Waals surface area contributed by atoms with Crippen molar-refractivity contribution in [2.75, 3.05) is 12.4 Å². The molecule has 32 heavy (non-hydrogen) atoms. The number of aromatic nitrogens is 3. The topological polar surface area (TPSA) is 99.2 Å². The van der Waals surface area contributed by atoms with E-state index >= 15 is 0 Å². The maximum Gasteiger partial charge on any atom is 0.297 e. The molecule has 1 atom stereocenters. The van der Waals surface area contributed by atoms with Crippen molar-refractivity contribution in [1.29, 1.82) is 0 Å². The number of ether oxygens (including phenoxy) is 1. The van der Waals surface area contributed by atoms with Gasteiger partial charge in [-0.2, -0.15) is 5.10 Å². The van der Waals surface area contributed by atoms with E-state index in [2.05, 4.69) is 15.6 Å². The summed E-state index contributed by atoms with van der Waals surface area (Å²) in [6, 6.07) is 14.0. The Hall–Kier alpha value is -3.94. The third-order valence-electron chi connectivity index (χ3n) is 5.36. The first-order valence-corrected chi connectivity index (χ1v) is 10.3. The van der Waals surface area contributed by atoms with Crippen LogP contribution in [0.25, 0.3) is 22.2 Å². The summed E-state index contributed by atoms with van der Waals surface area (Å²) in [5.41, 5.74) is 2.62. The van der Waals surface area contributed by atoms with Crippen LogP contribution in [0.5, 0.6) is 5.75 Å². The number of fused-ring (bicyclic) bond motifs is 1. The summed E-state index contributed by atoms with van der Waals surface area (Å²) in [5.74, 6) is 0.794. The van der Waals surface area contributed by atoms with Crippen LogP contribution in [0, 0.1) is 13.8 Å². The molecule has 0 bridgehead atoms. The fraction of sp³-hybridized carbons (Fsp3) is 0.250. The normalized spacial score (nSPS) is 12.0. The molecule has 0 saturated carbocycles. The Kier molecular flexibility index (Phi) is 5.77. The molecule has 8 nitrogen and oxygen atoms in total. The second-order valence-electron chi connectivity index (χ2n) is 7.57. The highest BCUT2D eigenvalue weighted by molar-refractivity contribution is 5.95. The maximum atomic E-state index is 13.2. The second kappa shape index (κ2) is 8.66. The van der Waals surface area contributed by atoms with Gasteiger partial charge >= 0.3 is 0 Å². The van der Waals surface area contributed by atoms with Crippen molar-refractivity contribution in [2.45, 2.75) is 33.2 Å². The van der Waals surface area contributed by atoms with Crippen LogP contribution in [0.15, 0.2) is 57.8 Å². The number of methoxy groups -OCH3 is 1. The molecule has 0 unspecified atom stereocenters. The van der Waals surface area contributed by atoms with E-state index in [1.165, 1.54) is 4.68 Å². The molecule has 1 N–H and O–H groups in total. The van der Waals surface area contributed by atoms with Gasteiger partial charge in [-0.15, -0.1) is 0 Å². The highest BCUT2D eigenvalue weighted by atomic mass is 16.5. The Bertz CT molecular complexity index is 1340. The fourth-order valence-corrected chi connectivity index (χ4v) is 3.62. The standard InChI is InChI=1S/C24H24N4O4/c1-5-19(23(29)25-17-11-9-14(2)10-12-17)28-24(30)22-20(15(3)32-27-22)21(26-28)16-7-6-8-18(13-16)31-4/h6-13,19H,5H2,1-4H3,(H,25,29)/t19-/m1/s1. The summed E-state index contributed by atoms with van der Waals surface area (Å²) in [5, 5.41) is 12.0. The fourth-order valence-electron chi connectivity index (χ4n) is 3.62. The quantitative estimate of drug-likeness (QED) is 0.489. The Morgan fingerprint density at radius 2 is 1.94 bits per heavy atom. The van der Waals surface area contributed by atoms with E-state index in [0.717, 1.165) is 11.1 Å². The Balaban J connectivity index is 1.84. The molecule has 0 saturated heterocycles. The SMILES string of the molecule is CC[C@H](C(=O)Nc1ccc(C)cc1)n1nc(-c2cccc(OC)c2)c2c(C)onc2c1=O. The smallest absolute Gasteiger partial charge is 0.297 e. The zero-order valence-electron chi connectivity index (χ0n) is 18.4. The van der Waals surface area contributed by atoms with Gasteiger partial charge in [-0.05, 0) is 44.5 Å². The van der Waals surface area contributed by atoms with E-state index < -0.39 is 11.6 Å². The molecule has 4 aromatic rings. The van der Waals surface area contributed by atoms with Crippen LogP contribution in [0.3, 0.4) is 0 Å². The van der Waals surface area contributed by atoms with Crippen molar-refractivity contribution in [3.05, 3.63) is 70.2 Å². The van der Waals surface area contributed by atoms with E-state index in [9.17, 15) is 9.59 Å². The highest BCUT2D eigenvalue weighted by Gasteiger charge is 2.26. The van der Waals surface area contributed by atoms with Crippen LogP contribution in [0.2, 0.25) is 0 Å². The molecule has 2 aromatic heterocycles. The molecule has 2 heterocycles. The first-order chi connectivity index (χ1) is 15.4. The summed E-state index contributed by atoms with van der Waals surface area (Å²) in [4.78, 5) is 26.3. The zero-order chi connectivity index (χ0) is 22.8. The lowest BCUT2D eigenvalue weighted by atomic mass is 10.1. The number of nitrogens with zero attached hydrogens (tertiary/aromatic N) is 3. The molecular weight excluding hydrogens is 408 g/mol. The molecule has 0 aliphatic rings. The largest absolute Gasteiger partial charge is 0.497 e. The van der Waals surface area contributed by atoms with Crippen molar-refractivity contribution in [2.24, 2.45) is 0 Å². The molecular formula is C24H24N4O4. The van der Waals surface area contributed by atoms with Crippen LogP contribution < -0.4 is 15.6 Å². The van der Waals surface area contributed by atoms with Crippen LogP contribution in [0.4, 0.5) is 5.69 Å². The first-order valence-electron chi connectivity index (χ1n) is 10.3. The Morgan fingerprint density at radius 1 is 1.19 bits per heavy atom. The third-order valence-corrected chi connectivity index (χ3v) is 5.36. The van der Waals surface area contributed by atoms with Gasteiger partial charge in [-0.25, -0.2) is 4.68 Å². The van der Waals surface area contributed by atoms with Crippen LogP contribution >= 0.6 is 0 Å². The number of carbonyl (C=O) groups excluding carboxylic acids is 1. The molecule has 2 aromatic carbocycles. The summed E-state index contributed by atoms with van der Waals surface area (Å²) in [6.07, 6.45) is 0.366. The Morgan fingerprint density at radius 3 is 2.62 bits per heavy atom. The van der Waals surface area contributed by atoms with E-state index in [4.69, 9.17) is 9.26 Å². The predicted octanol–water partition coefficient (Wildman–Crippen LogP) is 4.27. The minimum absolute atomic E-state index is 0.136. The average molecular weight is 432 g/mol. The molecule has 164 valence electrons. The second-order valence-corrected chi connectivity index (χ2v) is 7.57. The molecule has 4 rings (SSSR count). The predicted molar refractivity (Wildman–Crippen MR) is 122 cm³/mol. The van der Waals surface area contributed by atoms with E-state index in [0.29, 0.717) is 34.7 Å². The number of aryl methyl sites for hydroxylation is 2. The van der Waals surface area contributed by atoms with Crippen molar-refractivity contribution < 1.29 is 14.1 Å². The number of hydrogen-bond donors (Lipinski definition) is 1.